The number of benzene rings is 1. The summed E-state index contributed by atoms with van der Waals surface area (Å²) < 4.78 is 10.1. The second-order valence-corrected chi connectivity index (χ2v) is 4.78. The lowest BCUT2D eigenvalue weighted by Gasteiger charge is -2.06. The number of Topliss-reactive ketones (excluding diaryl/α,β-unsaturated/α-hetero) is 1. The molecule has 0 saturated carbocycles. The van der Waals surface area contributed by atoms with E-state index in [9.17, 15) is 9.59 Å². The molecule has 4 nitrogen and oxygen atoms in total. The van der Waals surface area contributed by atoms with Crippen LogP contribution in [0.3, 0.4) is 0 Å². The standard InChI is InChI=1S/C15H18O4/c1-10-14(16)13(15(17)19-10)8-4-6-11-5-3-7-12(9-11)18-2/h3,5,7,9-10,13H,4,6,8H2,1-2H3. The van der Waals surface area contributed by atoms with Gasteiger partial charge in [0.15, 0.2) is 11.9 Å². The van der Waals surface area contributed by atoms with Crippen molar-refractivity contribution in [1.82, 2.24) is 0 Å². The molecule has 1 aromatic carbocycles. The Kier molecular flexibility index (Phi) is 4.20. The molecule has 2 atom stereocenters. The highest BCUT2D eigenvalue weighted by Gasteiger charge is 2.40. The van der Waals surface area contributed by atoms with Gasteiger partial charge in [-0.05, 0) is 43.9 Å². The van der Waals surface area contributed by atoms with Gasteiger partial charge >= 0.3 is 5.97 Å². The quantitative estimate of drug-likeness (QED) is 0.602. The fraction of sp³-hybridized carbons (Fsp3) is 0.467. The number of ketones is 1. The summed E-state index contributed by atoms with van der Waals surface area (Å²) in [6.07, 6.45) is 1.59. The maximum Gasteiger partial charge on any atom is 0.317 e. The minimum Gasteiger partial charge on any atom is -0.497 e. The maximum atomic E-state index is 11.7. The van der Waals surface area contributed by atoms with Gasteiger partial charge in [-0.2, -0.15) is 0 Å². The van der Waals surface area contributed by atoms with E-state index in [-0.39, 0.29) is 11.8 Å². The predicted molar refractivity (Wildman–Crippen MR) is 70.0 cm³/mol. The first kappa shape index (κ1) is 13.6. The van der Waals surface area contributed by atoms with Crippen LogP contribution in [0.15, 0.2) is 24.3 Å². The molecule has 1 fully saturated rings. The summed E-state index contributed by atoms with van der Waals surface area (Å²) >= 11 is 0. The maximum absolute atomic E-state index is 11.7. The van der Waals surface area contributed by atoms with Crippen molar-refractivity contribution in [2.24, 2.45) is 5.92 Å². The minimum absolute atomic E-state index is 0.0874. The van der Waals surface area contributed by atoms with Crippen molar-refractivity contribution in [3.05, 3.63) is 29.8 Å². The number of cyclic esters (lactones) is 1. The van der Waals surface area contributed by atoms with Crippen LogP contribution in [0.1, 0.15) is 25.3 Å². The van der Waals surface area contributed by atoms with Crippen LogP contribution in [0.25, 0.3) is 0 Å². The Morgan fingerprint density at radius 3 is 2.74 bits per heavy atom. The Morgan fingerprint density at radius 2 is 2.11 bits per heavy atom. The van der Waals surface area contributed by atoms with E-state index in [2.05, 4.69) is 0 Å². The molecule has 0 spiro atoms. The van der Waals surface area contributed by atoms with Gasteiger partial charge in [-0.1, -0.05) is 12.1 Å². The minimum atomic E-state index is -0.575. The summed E-state index contributed by atoms with van der Waals surface area (Å²) in [5, 5.41) is 0. The average Bonchev–Trinajstić information content (AvgIpc) is 2.65. The van der Waals surface area contributed by atoms with Crippen molar-refractivity contribution < 1.29 is 19.1 Å². The molecule has 1 heterocycles. The zero-order valence-corrected chi connectivity index (χ0v) is 11.2. The van der Waals surface area contributed by atoms with E-state index in [1.807, 2.05) is 24.3 Å². The second-order valence-electron chi connectivity index (χ2n) is 4.78. The number of hydrogen-bond donors (Lipinski definition) is 0. The smallest absolute Gasteiger partial charge is 0.317 e. The molecule has 1 aliphatic heterocycles. The van der Waals surface area contributed by atoms with Gasteiger partial charge in [-0.15, -0.1) is 0 Å². The molecule has 0 aliphatic carbocycles. The van der Waals surface area contributed by atoms with Crippen LogP contribution < -0.4 is 4.74 Å². The molecule has 102 valence electrons. The highest BCUT2D eigenvalue weighted by molar-refractivity contribution is 6.06. The zero-order valence-electron chi connectivity index (χ0n) is 11.2. The van der Waals surface area contributed by atoms with Crippen molar-refractivity contribution >= 4 is 11.8 Å². The van der Waals surface area contributed by atoms with Gasteiger partial charge in [-0.3, -0.25) is 9.59 Å². The molecule has 0 N–H and O–H groups in total. The number of hydrogen-bond acceptors (Lipinski definition) is 4. The largest absolute Gasteiger partial charge is 0.497 e. The fourth-order valence-electron chi connectivity index (χ4n) is 2.31. The van der Waals surface area contributed by atoms with E-state index in [0.29, 0.717) is 6.42 Å². The first-order valence-electron chi connectivity index (χ1n) is 6.49. The second kappa shape index (κ2) is 5.87. The third-order valence-corrected chi connectivity index (χ3v) is 3.41. The Morgan fingerprint density at radius 1 is 1.32 bits per heavy atom. The molecule has 0 amide bonds. The van der Waals surface area contributed by atoms with Crippen LogP contribution in [-0.4, -0.2) is 25.0 Å². The van der Waals surface area contributed by atoms with Crippen molar-refractivity contribution in [2.45, 2.75) is 32.3 Å². The summed E-state index contributed by atoms with van der Waals surface area (Å²) in [7, 11) is 1.63. The lowest BCUT2D eigenvalue weighted by atomic mass is 9.96. The summed E-state index contributed by atoms with van der Waals surface area (Å²) in [6, 6.07) is 7.81. The number of methoxy groups -OCH3 is 1. The van der Waals surface area contributed by atoms with Crippen LogP contribution in [0.5, 0.6) is 5.75 Å². The molecule has 0 radical (unpaired) electrons. The molecule has 0 bridgehead atoms. The molecule has 4 heteroatoms. The molecular weight excluding hydrogens is 244 g/mol. The lowest BCUT2D eigenvalue weighted by molar-refractivity contribution is -0.144. The number of carbonyl (C=O) groups excluding carboxylic acids is 2. The van der Waals surface area contributed by atoms with Gasteiger partial charge in [0, 0.05) is 0 Å². The number of esters is 1. The van der Waals surface area contributed by atoms with Crippen LogP contribution in [0.2, 0.25) is 0 Å². The van der Waals surface area contributed by atoms with Crippen molar-refractivity contribution in [3.63, 3.8) is 0 Å². The van der Waals surface area contributed by atoms with Crippen molar-refractivity contribution in [2.75, 3.05) is 7.11 Å². The van der Waals surface area contributed by atoms with Crippen molar-refractivity contribution in [3.8, 4) is 5.75 Å². The third kappa shape index (κ3) is 3.13. The van der Waals surface area contributed by atoms with E-state index in [1.54, 1.807) is 14.0 Å². The van der Waals surface area contributed by atoms with Gasteiger partial charge < -0.3 is 9.47 Å². The summed E-state index contributed by atoms with van der Waals surface area (Å²) in [4.78, 5) is 23.2. The molecule has 1 aliphatic rings. The van der Waals surface area contributed by atoms with Crippen LogP contribution in [0.4, 0.5) is 0 Å². The van der Waals surface area contributed by atoms with Gasteiger partial charge in [0.25, 0.3) is 0 Å². The molecule has 0 aromatic heterocycles. The molecule has 1 aromatic rings. The first-order valence-corrected chi connectivity index (χ1v) is 6.49. The Bertz CT molecular complexity index is 481. The van der Waals surface area contributed by atoms with Gasteiger partial charge in [0.2, 0.25) is 0 Å². The van der Waals surface area contributed by atoms with E-state index in [0.717, 1.165) is 24.2 Å². The van der Waals surface area contributed by atoms with Crippen LogP contribution in [0, 0.1) is 5.92 Å². The summed E-state index contributed by atoms with van der Waals surface area (Å²) in [5.41, 5.74) is 1.14. The monoisotopic (exact) mass is 262 g/mol. The topological polar surface area (TPSA) is 52.6 Å². The number of carbonyl (C=O) groups is 2. The molecular formula is C15H18O4. The normalized spacial score (nSPS) is 22.4. The molecule has 1 saturated heterocycles. The van der Waals surface area contributed by atoms with Gasteiger partial charge in [0.1, 0.15) is 11.7 Å². The number of ether oxygens (including phenoxy) is 2. The summed E-state index contributed by atoms with van der Waals surface area (Å²) in [5.74, 6) is -0.207. The van der Waals surface area contributed by atoms with Gasteiger partial charge in [-0.25, -0.2) is 0 Å². The SMILES string of the molecule is COc1cccc(CCCC2C(=O)OC(C)C2=O)c1. The van der Waals surface area contributed by atoms with E-state index >= 15 is 0 Å². The Balaban J connectivity index is 1.86. The molecule has 19 heavy (non-hydrogen) atoms. The number of rotatable bonds is 5. The average molecular weight is 262 g/mol. The zero-order chi connectivity index (χ0) is 13.8. The number of aryl methyl sites for hydroxylation is 1. The van der Waals surface area contributed by atoms with Crippen molar-refractivity contribution in [1.29, 1.82) is 0 Å². The first-order chi connectivity index (χ1) is 9.11. The lowest BCUT2D eigenvalue weighted by Crippen LogP contribution is -2.18. The van der Waals surface area contributed by atoms with Crippen LogP contribution in [-0.2, 0) is 20.7 Å². The Hall–Kier alpha value is -1.84. The third-order valence-electron chi connectivity index (χ3n) is 3.41. The van der Waals surface area contributed by atoms with E-state index < -0.39 is 12.0 Å². The van der Waals surface area contributed by atoms with E-state index in [1.165, 1.54) is 0 Å². The fourth-order valence-corrected chi connectivity index (χ4v) is 2.31. The van der Waals surface area contributed by atoms with Crippen LogP contribution >= 0.6 is 0 Å². The molecule has 2 unspecified atom stereocenters. The predicted octanol–water partition coefficient (Wildman–Crippen LogP) is 2.15. The molecule has 2 rings (SSSR count). The summed E-state index contributed by atoms with van der Waals surface area (Å²) in [6.45, 7) is 1.63. The Labute approximate surface area is 112 Å². The van der Waals surface area contributed by atoms with Gasteiger partial charge in [0.05, 0.1) is 7.11 Å². The highest BCUT2D eigenvalue weighted by atomic mass is 16.6. The van der Waals surface area contributed by atoms with E-state index in [4.69, 9.17) is 9.47 Å². The highest BCUT2D eigenvalue weighted by Crippen LogP contribution is 2.23.